The van der Waals surface area contributed by atoms with Gasteiger partial charge < -0.3 is 20.1 Å². The van der Waals surface area contributed by atoms with Crippen LogP contribution >= 0.6 is 0 Å². The summed E-state index contributed by atoms with van der Waals surface area (Å²) < 4.78 is 10.7. The molecule has 1 amide bonds. The van der Waals surface area contributed by atoms with Crippen molar-refractivity contribution in [1.82, 2.24) is 15.3 Å². The van der Waals surface area contributed by atoms with E-state index in [-0.39, 0.29) is 5.91 Å². The first-order valence-electron chi connectivity index (χ1n) is 9.30. The molecule has 29 heavy (non-hydrogen) atoms. The molecular formula is C22H24N4O3. The molecule has 1 aromatic heterocycles. The molecule has 0 aliphatic carbocycles. The maximum absolute atomic E-state index is 12.4. The van der Waals surface area contributed by atoms with Gasteiger partial charge in [0.1, 0.15) is 17.2 Å². The Morgan fingerprint density at radius 1 is 0.931 bits per heavy atom. The third-order valence-corrected chi connectivity index (χ3v) is 4.39. The molecule has 0 saturated heterocycles. The van der Waals surface area contributed by atoms with Gasteiger partial charge in [-0.3, -0.25) is 4.79 Å². The molecule has 150 valence electrons. The fourth-order valence-corrected chi connectivity index (χ4v) is 2.90. The smallest absolute Gasteiger partial charge is 0.270 e. The molecule has 0 unspecified atom stereocenters. The lowest BCUT2D eigenvalue weighted by Gasteiger charge is -2.10. The third-order valence-electron chi connectivity index (χ3n) is 4.39. The molecular weight excluding hydrogens is 368 g/mol. The number of hydrogen-bond donors (Lipinski definition) is 2. The minimum Gasteiger partial charge on any atom is -0.496 e. The average molecular weight is 392 g/mol. The summed E-state index contributed by atoms with van der Waals surface area (Å²) in [6.45, 7) is 0.968. The van der Waals surface area contributed by atoms with E-state index in [1.807, 2.05) is 48.5 Å². The SMILES string of the molecule is COc1ccccc1CCNC(=O)c1ccnc(NCc2ccccc2OC)n1. The van der Waals surface area contributed by atoms with Crippen LogP contribution < -0.4 is 20.1 Å². The van der Waals surface area contributed by atoms with E-state index in [0.29, 0.717) is 31.2 Å². The molecule has 0 fully saturated rings. The number of hydrogen-bond acceptors (Lipinski definition) is 6. The fourth-order valence-electron chi connectivity index (χ4n) is 2.90. The van der Waals surface area contributed by atoms with E-state index in [4.69, 9.17) is 9.47 Å². The maximum Gasteiger partial charge on any atom is 0.270 e. The molecule has 2 N–H and O–H groups in total. The largest absolute Gasteiger partial charge is 0.496 e. The van der Waals surface area contributed by atoms with Gasteiger partial charge in [-0.05, 0) is 30.2 Å². The number of benzene rings is 2. The summed E-state index contributed by atoms with van der Waals surface area (Å²) in [5.74, 6) is 1.73. The van der Waals surface area contributed by atoms with Crippen molar-refractivity contribution in [3.8, 4) is 11.5 Å². The summed E-state index contributed by atoms with van der Waals surface area (Å²) >= 11 is 0. The van der Waals surface area contributed by atoms with Gasteiger partial charge in [-0.15, -0.1) is 0 Å². The molecule has 0 saturated carbocycles. The highest BCUT2D eigenvalue weighted by Gasteiger charge is 2.10. The van der Waals surface area contributed by atoms with Crippen LogP contribution in [0.5, 0.6) is 11.5 Å². The second kappa shape index (κ2) is 10.1. The first kappa shape index (κ1) is 20.1. The number of carbonyl (C=O) groups is 1. The van der Waals surface area contributed by atoms with Crippen LogP contribution in [-0.2, 0) is 13.0 Å². The number of methoxy groups -OCH3 is 2. The molecule has 0 aliphatic rings. The van der Waals surface area contributed by atoms with Crippen molar-refractivity contribution in [2.45, 2.75) is 13.0 Å². The molecule has 1 heterocycles. The Bertz CT molecular complexity index is 962. The van der Waals surface area contributed by atoms with Crippen molar-refractivity contribution in [3.63, 3.8) is 0 Å². The second-order valence-corrected chi connectivity index (χ2v) is 6.25. The van der Waals surface area contributed by atoms with Crippen molar-refractivity contribution in [3.05, 3.63) is 77.6 Å². The third kappa shape index (κ3) is 5.44. The summed E-state index contributed by atoms with van der Waals surface area (Å²) in [6.07, 6.45) is 2.23. The number of anilines is 1. The van der Waals surface area contributed by atoms with Gasteiger partial charge in [-0.25, -0.2) is 9.97 Å². The number of aromatic nitrogens is 2. The summed E-state index contributed by atoms with van der Waals surface area (Å²) in [5.41, 5.74) is 2.32. The molecule has 3 rings (SSSR count). The zero-order valence-electron chi connectivity index (χ0n) is 16.5. The lowest BCUT2D eigenvalue weighted by molar-refractivity contribution is 0.0949. The zero-order chi connectivity index (χ0) is 20.5. The Kier molecular flexibility index (Phi) is 7.00. The lowest BCUT2D eigenvalue weighted by Crippen LogP contribution is -2.27. The van der Waals surface area contributed by atoms with E-state index >= 15 is 0 Å². The summed E-state index contributed by atoms with van der Waals surface area (Å²) in [7, 11) is 3.27. The predicted molar refractivity (Wildman–Crippen MR) is 111 cm³/mol. The molecule has 3 aromatic rings. The van der Waals surface area contributed by atoms with Gasteiger partial charge in [0.15, 0.2) is 0 Å². The minimum absolute atomic E-state index is 0.248. The Morgan fingerprint density at radius 2 is 1.59 bits per heavy atom. The topological polar surface area (TPSA) is 85.4 Å². The van der Waals surface area contributed by atoms with Crippen molar-refractivity contribution < 1.29 is 14.3 Å². The number of ether oxygens (including phenoxy) is 2. The molecule has 0 aliphatic heterocycles. The van der Waals surface area contributed by atoms with Gasteiger partial charge in [0, 0.05) is 24.8 Å². The second-order valence-electron chi connectivity index (χ2n) is 6.25. The number of carbonyl (C=O) groups excluding carboxylic acids is 1. The van der Waals surface area contributed by atoms with Crippen molar-refractivity contribution in [2.24, 2.45) is 0 Å². The number of nitrogens with one attached hydrogen (secondary N) is 2. The van der Waals surface area contributed by atoms with E-state index in [1.54, 1.807) is 26.5 Å². The summed E-state index contributed by atoms with van der Waals surface area (Å²) in [6, 6.07) is 17.0. The van der Waals surface area contributed by atoms with E-state index in [9.17, 15) is 4.79 Å². The van der Waals surface area contributed by atoms with Crippen LogP contribution in [0.4, 0.5) is 5.95 Å². The predicted octanol–water partition coefficient (Wildman–Crippen LogP) is 3.08. The Morgan fingerprint density at radius 3 is 2.31 bits per heavy atom. The highest BCUT2D eigenvalue weighted by molar-refractivity contribution is 5.92. The molecule has 7 heteroatoms. The Hall–Kier alpha value is -3.61. The molecule has 2 aromatic carbocycles. The van der Waals surface area contributed by atoms with Crippen LogP contribution in [0, 0.1) is 0 Å². The average Bonchev–Trinajstić information content (AvgIpc) is 2.78. The maximum atomic E-state index is 12.4. The van der Waals surface area contributed by atoms with Crippen LogP contribution in [0.1, 0.15) is 21.6 Å². The van der Waals surface area contributed by atoms with Gasteiger partial charge in [-0.1, -0.05) is 36.4 Å². The summed E-state index contributed by atoms with van der Waals surface area (Å²) in [5, 5.41) is 6.01. The molecule has 0 radical (unpaired) electrons. The van der Waals surface area contributed by atoms with Crippen molar-refractivity contribution in [1.29, 1.82) is 0 Å². The first-order chi connectivity index (χ1) is 14.2. The quantitative estimate of drug-likeness (QED) is 0.582. The number of amides is 1. The molecule has 0 spiro atoms. The normalized spacial score (nSPS) is 10.3. The molecule has 0 atom stereocenters. The summed E-state index contributed by atoms with van der Waals surface area (Å²) in [4.78, 5) is 20.9. The lowest BCUT2D eigenvalue weighted by atomic mass is 10.1. The van der Waals surface area contributed by atoms with Crippen LogP contribution in [0.15, 0.2) is 60.8 Å². The van der Waals surface area contributed by atoms with E-state index in [2.05, 4.69) is 20.6 Å². The number of rotatable bonds is 9. The van der Waals surface area contributed by atoms with Gasteiger partial charge in [0.05, 0.1) is 14.2 Å². The highest BCUT2D eigenvalue weighted by Crippen LogP contribution is 2.18. The van der Waals surface area contributed by atoms with E-state index < -0.39 is 0 Å². The van der Waals surface area contributed by atoms with E-state index in [1.165, 1.54) is 0 Å². The van der Waals surface area contributed by atoms with Crippen LogP contribution in [-0.4, -0.2) is 36.6 Å². The Balaban J connectivity index is 1.56. The first-order valence-corrected chi connectivity index (χ1v) is 9.30. The molecule has 7 nitrogen and oxygen atoms in total. The van der Waals surface area contributed by atoms with Crippen LogP contribution in [0.3, 0.4) is 0 Å². The monoisotopic (exact) mass is 392 g/mol. The van der Waals surface area contributed by atoms with Gasteiger partial charge in [0.25, 0.3) is 5.91 Å². The van der Waals surface area contributed by atoms with Crippen molar-refractivity contribution >= 4 is 11.9 Å². The van der Waals surface area contributed by atoms with Gasteiger partial charge in [-0.2, -0.15) is 0 Å². The minimum atomic E-state index is -0.248. The zero-order valence-corrected chi connectivity index (χ0v) is 16.5. The van der Waals surface area contributed by atoms with Gasteiger partial charge in [0.2, 0.25) is 5.95 Å². The van der Waals surface area contributed by atoms with Gasteiger partial charge >= 0.3 is 0 Å². The number of para-hydroxylation sites is 2. The Labute approximate surface area is 170 Å². The standard InChI is InChI=1S/C22H24N4O3/c1-28-19-9-5-3-7-16(19)11-13-23-21(27)18-12-14-24-22(26-18)25-15-17-8-4-6-10-20(17)29-2/h3-10,12,14H,11,13,15H2,1-2H3,(H,23,27)(H,24,25,26). The highest BCUT2D eigenvalue weighted by atomic mass is 16.5. The fraction of sp³-hybridized carbons (Fsp3) is 0.227. The van der Waals surface area contributed by atoms with E-state index in [0.717, 1.165) is 22.6 Å². The number of nitrogens with zero attached hydrogens (tertiary/aromatic N) is 2. The van der Waals surface area contributed by atoms with Crippen LogP contribution in [0.25, 0.3) is 0 Å². The van der Waals surface area contributed by atoms with Crippen LogP contribution in [0.2, 0.25) is 0 Å². The molecule has 0 bridgehead atoms. The van der Waals surface area contributed by atoms with Crippen molar-refractivity contribution in [2.75, 3.05) is 26.1 Å².